The lowest BCUT2D eigenvalue weighted by Crippen LogP contribution is -2.59. The first-order chi connectivity index (χ1) is 21.4. The van der Waals surface area contributed by atoms with E-state index in [2.05, 4.69) is 15.5 Å². The molecule has 1 spiro atoms. The summed E-state index contributed by atoms with van der Waals surface area (Å²) < 4.78 is 12.3. The summed E-state index contributed by atoms with van der Waals surface area (Å²) in [6.07, 6.45) is 2.03. The molecule has 6 rings (SSSR count). The van der Waals surface area contributed by atoms with Crippen LogP contribution in [0, 0.1) is 11.8 Å². The molecule has 2 bridgehead atoms. The monoisotopic (exact) mass is 604 g/mol. The third-order valence-electron chi connectivity index (χ3n) is 10.2. The molecule has 0 radical (unpaired) electrons. The number of aliphatic hydroxyl groups excluding tert-OH is 1. The highest BCUT2D eigenvalue weighted by molar-refractivity contribution is 5.99. The fraction of sp³-hybridized carbons (Fsp3) is 0.559. The van der Waals surface area contributed by atoms with Gasteiger partial charge in [-0.3, -0.25) is 19.3 Å². The average Bonchev–Trinajstić information content (AvgIpc) is 3.67. The molecule has 6 atom stereocenters. The van der Waals surface area contributed by atoms with E-state index in [9.17, 15) is 19.5 Å². The van der Waals surface area contributed by atoms with Crippen LogP contribution in [-0.2, 0) is 36.8 Å². The third kappa shape index (κ3) is 5.53. The van der Waals surface area contributed by atoms with Crippen molar-refractivity contribution >= 4 is 17.7 Å². The highest BCUT2D eigenvalue weighted by atomic mass is 16.5. The summed E-state index contributed by atoms with van der Waals surface area (Å²) in [5.41, 5.74) is -0.0547. The van der Waals surface area contributed by atoms with E-state index in [0.717, 1.165) is 24.2 Å². The van der Waals surface area contributed by atoms with Gasteiger partial charge in [0.25, 0.3) is 0 Å². The molecule has 4 aliphatic heterocycles. The Morgan fingerprint density at radius 3 is 2.32 bits per heavy atom. The van der Waals surface area contributed by atoms with E-state index in [1.54, 1.807) is 4.90 Å². The Balaban J connectivity index is 1.30. The number of morpholine rings is 1. The topological polar surface area (TPSA) is 120 Å². The van der Waals surface area contributed by atoms with E-state index in [-0.39, 0.29) is 24.3 Å². The van der Waals surface area contributed by atoms with Crippen molar-refractivity contribution in [1.82, 2.24) is 20.4 Å². The van der Waals surface area contributed by atoms with Crippen LogP contribution in [0.2, 0.25) is 0 Å². The number of nitrogens with one attached hydrogen (secondary N) is 2. The van der Waals surface area contributed by atoms with Crippen LogP contribution in [0.5, 0.6) is 0 Å². The van der Waals surface area contributed by atoms with Crippen LogP contribution in [0.4, 0.5) is 0 Å². The summed E-state index contributed by atoms with van der Waals surface area (Å²) in [6.45, 7) is 6.05. The van der Waals surface area contributed by atoms with Crippen molar-refractivity contribution < 1.29 is 29.0 Å². The number of ether oxygens (including phenoxy) is 2. The van der Waals surface area contributed by atoms with Gasteiger partial charge in [0.15, 0.2) is 0 Å². The van der Waals surface area contributed by atoms with Gasteiger partial charge in [0.1, 0.15) is 11.6 Å². The van der Waals surface area contributed by atoms with Crippen molar-refractivity contribution in [2.24, 2.45) is 11.8 Å². The number of hydrogen-bond acceptors (Lipinski definition) is 7. The van der Waals surface area contributed by atoms with Crippen molar-refractivity contribution in [3.63, 3.8) is 0 Å². The smallest absolute Gasteiger partial charge is 0.245 e. The van der Waals surface area contributed by atoms with Gasteiger partial charge in [-0.15, -0.1) is 0 Å². The second kappa shape index (κ2) is 13.0. The maximum Gasteiger partial charge on any atom is 0.245 e. The molecule has 10 heteroatoms. The van der Waals surface area contributed by atoms with E-state index in [1.807, 2.05) is 67.6 Å². The van der Waals surface area contributed by atoms with Gasteiger partial charge >= 0.3 is 0 Å². The van der Waals surface area contributed by atoms with Crippen LogP contribution in [0.25, 0.3) is 0 Å². The number of nitrogens with zero attached hydrogens (tertiary/aromatic N) is 2. The molecule has 2 aromatic carbocycles. The standard InChI is InChI=1S/C34H44N4O6/c1-2-33-13-14-34(44-33)28(27(33)30(40)36-22-25-11-7-4-8-12-25)32(42)38(26(23-39)21-24-9-5-3-6-10-24)29(34)31(41)35-15-16-37-17-19-43-20-18-37/h3-12,26-29,39H,2,13-23H2,1H3,(H,35,41)(H,36,40)/t26-,27-,28+,29?,33+,34?/m1/s1. The number of aliphatic hydroxyl groups is 1. The molecule has 2 aromatic rings. The average molecular weight is 605 g/mol. The Kier molecular flexibility index (Phi) is 9.05. The van der Waals surface area contributed by atoms with Gasteiger partial charge in [0, 0.05) is 32.7 Å². The highest BCUT2D eigenvalue weighted by Crippen LogP contribution is 2.64. The van der Waals surface area contributed by atoms with Gasteiger partial charge in [-0.1, -0.05) is 67.6 Å². The molecule has 4 saturated heterocycles. The Morgan fingerprint density at radius 2 is 1.66 bits per heavy atom. The molecule has 4 heterocycles. The van der Waals surface area contributed by atoms with Gasteiger partial charge in [0.05, 0.1) is 43.3 Å². The lowest BCUT2D eigenvalue weighted by atomic mass is 9.65. The zero-order chi connectivity index (χ0) is 30.7. The molecule has 4 fully saturated rings. The summed E-state index contributed by atoms with van der Waals surface area (Å²) in [7, 11) is 0. The van der Waals surface area contributed by atoms with Crippen molar-refractivity contribution in [3.05, 3.63) is 71.8 Å². The largest absolute Gasteiger partial charge is 0.394 e. The van der Waals surface area contributed by atoms with Crippen molar-refractivity contribution in [3.8, 4) is 0 Å². The van der Waals surface area contributed by atoms with E-state index < -0.39 is 35.1 Å². The number of carbonyl (C=O) groups excluding carboxylic acids is 3. The summed E-state index contributed by atoms with van der Waals surface area (Å²) in [5, 5.41) is 16.8. The van der Waals surface area contributed by atoms with Crippen LogP contribution < -0.4 is 10.6 Å². The van der Waals surface area contributed by atoms with E-state index in [4.69, 9.17) is 9.47 Å². The minimum absolute atomic E-state index is 0.229. The van der Waals surface area contributed by atoms with Crippen LogP contribution in [-0.4, -0.2) is 102 Å². The van der Waals surface area contributed by atoms with Crippen molar-refractivity contribution in [2.45, 2.75) is 62.4 Å². The van der Waals surface area contributed by atoms with Crippen LogP contribution in [0.3, 0.4) is 0 Å². The predicted molar refractivity (Wildman–Crippen MR) is 163 cm³/mol. The normalized spacial score (nSPS) is 30.3. The van der Waals surface area contributed by atoms with Crippen LogP contribution >= 0.6 is 0 Å². The number of fused-ring (bicyclic) bond motifs is 1. The molecular formula is C34H44N4O6. The van der Waals surface area contributed by atoms with Gasteiger partial charge in [-0.25, -0.2) is 0 Å². The molecule has 10 nitrogen and oxygen atoms in total. The molecule has 2 unspecified atom stereocenters. The maximum atomic E-state index is 14.6. The Bertz CT molecular complexity index is 1320. The number of hydrogen-bond donors (Lipinski definition) is 3. The first-order valence-electron chi connectivity index (χ1n) is 16.0. The summed E-state index contributed by atoms with van der Waals surface area (Å²) in [4.78, 5) is 46.6. The highest BCUT2D eigenvalue weighted by Gasteiger charge is 2.79. The van der Waals surface area contributed by atoms with Gasteiger partial charge < -0.3 is 30.1 Å². The number of carbonyl (C=O) groups is 3. The van der Waals surface area contributed by atoms with Crippen LogP contribution in [0.15, 0.2) is 60.7 Å². The van der Waals surface area contributed by atoms with Gasteiger partial charge in [-0.05, 0) is 36.8 Å². The van der Waals surface area contributed by atoms with Gasteiger partial charge in [-0.2, -0.15) is 0 Å². The Morgan fingerprint density at radius 1 is 0.977 bits per heavy atom. The summed E-state index contributed by atoms with van der Waals surface area (Å²) in [6, 6.07) is 17.7. The van der Waals surface area contributed by atoms with Crippen molar-refractivity contribution in [2.75, 3.05) is 46.0 Å². The molecule has 3 amide bonds. The van der Waals surface area contributed by atoms with Crippen LogP contribution in [0.1, 0.15) is 37.3 Å². The first kappa shape index (κ1) is 30.7. The van der Waals surface area contributed by atoms with E-state index >= 15 is 0 Å². The molecule has 0 saturated carbocycles. The Hall–Kier alpha value is -3.31. The molecule has 0 aliphatic carbocycles. The fourth-order valence-electron chi connectivity index (χ4n) is 8.04. The predicted octanol–water partition coefficient (Wildman–Crippen LogP) is 1.51. The molecule has 44 heavy (non-hydrogen) atoms. The summed E-state index contributed by atoms with van der Waals surface area (Å²) in [5.74, 6) is -2.36. The lowest BCUT2D eigenvalue weighted by Gasteiger charge is -2.37. The number of likely N-dealkylation sites (tertiary alicyclic amines) is 1. The van der Waals surface area contributed by atoms with Crippen molar-refractivity contribution in [1.29, 1.82) is 0 Å². The molecule has 236 valence electrons. The Labute approximate surface area is 259 Å². The number of amides is 3. The van der Waals surface area contributed by atoms with E-state index in [1.165, 1.54) is 0 Å². The zero-order valence-corrected chi connectivity index (χ0v) is 25.5. The minimum Gasteiger partial charge on any atom is -0.394 e. The second-order valence-electron chi connectivity index (χ2n) is 12.6. The third-order valence-corrected chi connectivity index (χ3v) is 10.2. The lowest BCUT2D eigenvalue weighted by molar-refractivity contribution is -0.151. The van der Waals surface area contributed by atoms with E-state index in [0.29, 0.717) is 58.5 Å². The molecule has 3 N–H and O–H groups in total. The minimum atomic E-state index is -1.14. The first-order valence-corrected chi connectivity index (χ1v) is 16.0. The maximum absolute atomic E-state index is 14.6. The quantitative estimate of drug-likeness (QED) is 0.336. The molecule has 0 aromatic heterocycles. The molecule has 4 aliphatic rings. The van der Waals surface area contributed by atoms with Gasteiger partial charge in [0.2, 0.25) is 17.7 Å². The molecular weight excluding hydrogens is 560 g/mol. The number of rotatable bonds is 12. The number of benzene rings is 2. The second-order valence-corrected chi connectivity index (χ2v) is 12.6. The summed E-state index contributed by atoms with van der Waals surface area (Å²) >= 11 is 0. The zero-order valence-electron chi connectivity index (χ0n) is 25.5. The SMILES string of the molecule is CC[C@@]12CCC3(O1)C(C(=O)NCCN1CCOCC1)N([C@@H](CO)Cc1ccccc1)C(=O)[C@@H]3[C@@H]2C(=O)NCc1ccccc1. The fourth-order valence-corrected chi connectivity index (χ4v) is 8.04.